The first-order chi connectivity index (χ1) is 19.8. The molecule has 1 unspecified atom stereocenters. The van der Waals surface area contributed by atoms with E-state index >= 15 is 4.39 Å². The first kappa shape index (κ1) is 26.6. The number of hydrogen-bond acceptors (Lipinski definition) is 8. The summed E-state index contributed by atoms with van der Waals surface area (Å²) in [6, 6.07) is 13.8. The van der Waals surface area contributed by atoms with Crippen LogP contribution in [-0.4, -0.2) is 65.5 Å². The third-order valence-electron chi connectivity index (χ3n) is 7.84. The molecular formula is C31H32FN7O2. The van der Waals surface area contributed by atoms with Crippen LogP contribution in [0.1, 0.15) is 33.9 Å². The Balaban J connectivity index is 1.41. The number of aromatic nitrogens is 3. The Morgan fingerprint density at radius 2 is 1.88 bits per heavy atom. The third kappa shape index (κ3) is 5.06. The minimum atomic E-state index is -0.430. The zero-order valence-corrected chi connectivity index (χ0v) is 23.2. The molecule has 10 heteroatoms. The maximum absolute atomic E-state index is 15.1. The van der Waals surface area contributed by atoms with Crippen LogP contribution in [0, 0.1) is 5.82 Å². The molecule has 1 saturated heterocycles. The van der Waals surface area contributed by atoms with Crippen LogP contribution in [0.2, 0.25) is 0 Å². The van der Waals surface area contributed by atoms with Crippen molar-refractivity contribution in [3.63, 3.8) is 0 Å². The molecule has 41 heavy (non-hydrogen) atoms. The molecule has 1 atom stereocenters. The van der Waals surface area contributed by atoms with Gasteiger partial charge in [0.05, 0.1) is 17.3 Å². The fourth-order valence-corrected chi connectivity index (χ4v) is 5.65. The monoisotopic (exact) mass is 553 g/mol. The maximum Gasteiger partial charge on any atom is 0.261 e. The highest BCUT2D eigenvalue weighted by Gasteiger charge is 2.29. The largest absolute Gasteiger partial charge is 0.377 e. The van der Waals surface area contributed by atoms with E-state index in [0.717, 1.165) is 31.7 Å². The highest BCUT2D eigenvalue weighted by atomic mass is 19.1. The number of ketones is 1. The van der Waals surface area contributed by atoms with Crippen molar-refractivity contribution in [3.05, 3.63) is 94.2 Å². The van der Waals surface area contributed by atoms with E-state index in [1.165, 1.54) is 6.07 Å². The van der Waals surface area contributed by atoms with E-state index in [-0.39, 0.29) is 29.5 Å². The fourth-order valence-electron chi connectivity index (χ4n) is 5.65. The molecule has 3 heterocycles. The van der Waals surface area contributed by atoms with Gasteiger partial charge in [0.25, 0.3) is 5.56 Å². The van der Waals surface area contributed by atoms with E-state index < -0.39 is 6.04 Å². The van der Waals surface area contributed by atoms with Crippen LogP contribution in [0.5, 0.6) is 0 Å². The summed E-state index contributed by atoms with van der Waals surface area (Å²) in [6.07, 6.45) is 2.33. The lowest BCUT2D eigenvalue weighted by atomic mass is 9.87. The first-order valence-corrected chi connectivity index (χ1v) is 13.7. The Kier molecular flexibility index (Phi) is 7.00. The smallest absolute Gasteiger partial charge is 0.261 e. The predicted octanol–water partition coefficient (Wildman–Crippen LogP) is 3.99. The van der Waals surface area contributed by atoms with Crippen molar-refractivity contribution in [3.8, 4) is 0 Å². The molecule has 4 aromatic rings. The molecule has 2 N–H and O–H groups in total. The average Bonchev–Trinajstić information content (AvgIpc) is 2.97. The van der Waals surface area contributed by atoms with Crippen LogP contribution in [0.4, 0.5) is 21.7 Å². The molecule has 0 radical (unpaired) electrons. The number of nitrogens with one attached hydrogen (secondary N) is 2. The Morgan fingerprint density at radius 1 is 1.10 bits per heavy atom. The SMILES string of the molecule is C=C(c1cc2cnc(Nc3ccc(N4CCNCC4)c(F)c3)nc2n(C2CC(=O)c3ccccc3C2)c1=O)N(C)C. The summed E-state index contributed by atoms with van der Waals surface area (Å²) in [6.45, 7) is 7.21. The summed E-state index contributed by atoms with van der Waals surface area (Å²) < 4.78 is 16.7. The van der Waals surface area contributed by atoms with Gasteiger partial charge in [0.2, 0.25) is 5.95 Å². The number of anilines is 3. The van der Waals surface area contributed by atoms with Gasteiger partial charge in [0.15, 0.2) is 5.78 Å². The summed E-state index contributed by atoms with van der Waals surface area (Å²) in [5.41, 5.74) is 3.74. The number of benzene rings is 2. The Hall–Kier alpha value is -4.57. The molecule has 2 aromatic heterocycles. The fraction of sp³-hybridized carbons (Fsp3) is 0.290. The summed E-state index contributed by atoms with van der Waals surface area (Å²) in [7, 11) is 3.65. The minimum Gasteiger partial charge on any atom is -0.377 e. The predicted molar refractivity (Wildman–Crippen MR) is 159 cm³/mol. The standard InChI is InChI=1S/C31H32FN7O2/c1-19(37(2)3)25-15-21-18-34-31(35-22-8-9-27(26(32)16-22)38-12-10-33-11-13-38)36-29(21)39(30(25)41)23-14-20-6-4-5-7-24(20)28(40)17-23/h4-9,15-16,18,23,33H,1,10-14,17H2,2-3H3,(H,34,35,36). The second-order valence-electron chi connectivity index (χ2n) is 10.7. The summed E-state index contributed by atoms with van der Waals surface area (Å²) in [4.78, 5) is 40.1. The molecule has 0 saturated carbocycles. The Morgan fingerprint density at radius 3 is 2.63 bits per heavy atom. The van der Waals surface area contributed by atoms with Gasteiger partial charge in [-0.25, -0.2) is 9.37 Å². The van der Waals surface area contributed by atoms with Gasteiger partial charge in [-0.1, -0.05) is 30.8 Å². The number of fused-ring (bicyclic) bond motifs is 2. The van der Waals surface area contributed by atoms with Gasteiger partial charge in [0.1, 0.15) is 11.5 Å². The van der Waals surface area contributed by atoms with Crippen molar-refractivity contribution in [1.29, 1.82) is 0 Å². The quantitative estimate of drug-likeness (QED) is 0.370. The topological polar surface area (TPSA) is 95.4 Å². The first-order valence-electron chi connectivity index (χ1n) is 13.7. The molecule has 2 aliphatic rings. The number of Topliss-reactive ketones (excluding diaryl/α,β-unsaturated/α-hetero) is 1. The number of halogens is 1. The van der Waals surface area contributed by atoms with E-state index in [1.807, 2.05) is 43.3 Å². The van der Waals surface area contributed by atoms with Crippen molar-refractivity contribution in [2.45, 2.75) is 18.9 Å². The van der Waals surface area contributed by atoms with Crippen molar-refractivity contribution in [2.75, 3.05) is 50.5 Å². The lowest BCUT2D eigenvalue weighted by molar-refractivity contribution is 0.0951. The molecule has 0 bridgehead atoms. The van der Waals surface area contributed by atoms with E-state index in [9.17, 15) is 9.59 Å². The van der Waals surface area contributed by atoms with E-state index in [4.69, 9.17) is 4.98 Å². The van der Waals surface area contributed by atoms with Gasteiger partial charge in [-0.2, -0.15) is 4.98 Å². The molecule has 2 aromatic carbocycles. The van der Waals surface area contributed by atoms with Crippen LogP contribution in [0.25, 0.3) is 16.7 Å². The van der Waals surface area contributed by atoms with E-state index in [2.05, 4.69) is 22.2 Å². The number of piperazine rings is 1. The normalized spacial score (nSPS) is 16.9. The zero-order chi connectivity index (χ0) is 28.7. The third-order valence-corrected chi connectivity index (χ3v) is 7.84. The van der Waals surface area contributed by atoms with Gasteiger partial charge in [-0.15, -0.1) is 0 Å². The van der Waals surface area contributed by atoms with E-state index in [0.29, 0.717) is 45.7 Å². The lowest BCUT2D eigenvalue weighted by Crippen LogP contribution is -2.43. The molecule has 1 aliphatic carbocycles. The van der Waals surface area contributed by atoms with Crippen LogP contribution in [0.15, 0.2) is 66.1 Å². The van der Waals surface area contributed by atoms with Gasteiger partial charge in [-0.05, 0) is 36.2 Å². The van der Waals surface area contributed by atoms with Crippen molar-refractivity contribution in [2.24, 2.45) is 0 Å². The van der Waals surface area contributed by atoms with Crippen molar-refractivity contribution >= 4 is 39.8 Å². The van der Waals surface area contributed by atoms with E-state index in [1.54, 1.807) is 33.9 Å². The molecule has 0 spiro atoms. The molecule has 1 aliphatic heterocycles. The Bertz CT molecular complexity index is 1730. The molecule has 6 rings (SSSR count). The molecule has 1 fully saturated rings. The second-order valence-corrected chi connectivity index (χ2v) is 10.7. The lowest BCUT2D eigenvalue weighted by Gasteiger charge is -2.29. The van der Waals surface area contributed by atoms with Crippen LogP contribution >= 0.6 is 0 Å². The summed E-state index contributed by atoms with van der Waals surface area (Å²) >= 11 is 0. The number of carbonyl (C=O) groups is 1. The van der Waals surface area contributed by atoms with Gasteiger partial charge in [-0.3, -0.25) is 14.2 Å². The summed E-state index contributed by atoms with van der Waals surface area (Å²) in [5.74, 6) is -0.122. The summed E-state index contributed by atoms with van der Waals surface area (Å²) in [5, 5.41) is 7.01. The minimum absolute atomic E-state index is 0.0128. The van der Waals surface area contributed by atoms with Gasteiger partial charge < -0.3 is 20.4 Å². The Labute approximate surface area is 237 Å². The number of hydrogen-bond donors (Lipinski definition) is 2. The van der Waals surface area contributed by atoms with Crippen LogP contribution < -0.4 is 21.1 Å². The van der Waals surface area contributed by atoms with Gasteiger partial charge in [0, 0.05) is 75.2 Å². The van der Waals surface area contributed by atoms with Crippen LogP contribution in [-0.2, 0) is 6.42 Å². The molecular weight excluding hydrogens is 521 g/mol. The second kappa shape index (κ2) is 10.8. The average molecular weight is 554 g/mol. The molecule has 210 valence electrons. The van der Waals surface area contributed by atoms with Crippen molar-refractivity contribution < 1.29 is 9.18 Å². The number of carbonyl (C=O) groups excluding carboxylic acids is 1. The zero-order valence-electron chi connectivity index (χ0n) is 23.2. The highest BCUT2D eigenvalue weighted by molar-refractivity contribution is 5.99. The number of pyridine rings is 1. The van der Waals surface area contributed by atoms with Gasteiger partial charge >= 0.3 is 0 Å². The highest BCUT2D eigenvalue weighted by Crippen LogP contribution is 2.31. The molecule has 0 amide bonds. The maximum atomic E-state index is 15.1. The van der Waals surface area contributed by atoms with Crippen LogP contribution in [0.3, 0.4) is 0 Å². The molecule has 9 nitrogen and oxygen atoms in total. The number of nitrogens with zero attached hydrogens (tertiary/aromatic N) is 5. The number of rotatable bonds is 6. The van der Waals surface area contributed by atoms with Crippen molar-refractivity contribution in [1.82, 2.24) is 24.8 Å².